The number of para-hydroxylation sites is 1. The number of carbonyl (C=O) groups excluding carboxylic acids is 1. The van der Waals surface area contributed by atoms with Crippen molar-refractivity contribution in [2.24, 2.45) is 12.0 Å². The molecule has 1 aromatic carbocycles. The van der Waals surface area contributed by atoms with Gasteiger partial charge < -0.3 is 20.5 Å². The molecule has 1 aromatic heterocycles. The minimum Gasteiger partial charge on any atom is -0.356 e. The number of aromatic nitrogens is 3. The molecule has 3 heterocycles. The van der Waals surface area contributed by atoms with Gasteiger partial charge in [0.25, 0.3) is 0 Å². The summed E-state index contributed by atoms with van der Waals surface area (Å²) < 4.78 is 1.96. The van der Waals surface area contributed by atoms with Crippen LogP contribution < -0.4 is 16.0 Å². The Kier molecular flexibility index (Phi) is 9.07. The number of fused-ring (bicyclic) bond motifs is 1. The first-order valence-electron chi connectivity index (χ1n) is 11.5. The summed E-state index contributed by atoms with van der Waals surface area (Å²) in [5.74, 6) is 2.59. The van der Waals surface area contributed by atoms with Crippen LogP contribution in [0.15, 0.2) is 29.3 Å². The number of hydrogen-bond acceptors (Lipinski definition) is 5. The normalized spacial score (nSPS) is 20.7. The Bertz CT molecular complexity index is 975. The Hall–Kier alpha value is -2.21. The number of nitrogens with one attached hydrogen (secondary N) is 3. The number of anilines is 1. The molecule has 33 heavy (non-hydrogen) atoms. The van der Waals surface area contributed by atoms with Crippen LogP contribution in [-0.2, 0) is 18.4 Å². The maximum absolute atomic E-state index is 12.2. The Morgan fingerprint density at radius 3 is 2.79 bits per heavy atom. The molecule has 10 heteroatoms. The fraction of sp³-hybridized carbons (Fsp3) is 0.565. The van der Waals surface area contributed by atoms with E-state index in [1.165, 1.54) is 12.8 Å². The molecule has 0 aliphatic carbocycles. The van der Waals surface area contributed by atoms with Crippen LogP contribution in [-0.4, -0.2) is 63.8 Å². The number of halogens is 1. The molecule has 1 fully saturated rings. The van der Waals surface area contributed by atoms with Crippen LogP contribution in [0.3, 0.4) is 0 Å². The predicted octanol–water partition coefficient (Wildman–Crippen LogP) is 2.39. The molecule has 2 aliphatic heterocycles. The van der Waals surface area contributed by atoms with Gasteiger partial charge in [0.15, 0.2) is 11.8 Å². The second kappa shape index (κ2) is 11.8. The Labute approximate surface area is 212 Å². The molecule has 3 N–H and O–H groups in total. The fourth-order valence-corrected chi connectivity index (χ4v) is 4.57. The zero-order valence-corrected chi connectivity index (χ0v) is 22.0. The minimum absolute atomic E-state index is 0. The second-order valence-corrected chi connectivity index (χ2v) is 8.61. The lowest BCUT2D eigenvalue weighted by molar-refractivity contribution is -0.116. The van der Waals surface area contributed by atoms with E-state index in [1.54, 1.807) is 0 Å². The van der Waals surface area contributed by atoms with Crippen molar-refractivity contribution in [3.8, 4) is 0 Å². The zero-order valence-electron chi connectivity index (χ0n) is 19.7. The molecule has 2 aromatic rings. The number of benzene rings is 1. The van der Waals surface area contributed by atoms with Crippen molar-refractivity contribution in [1.82, 2.24) is 30.3 Å². The summed E-state index contributed by atoms with van der Waals surface area (Å²) in [6.45, 7) is 8.30. The molecule has 180 valence electrons. The van der Waals surface area contributed by atoms with Crippen molar-refractivity contribution in [3.63, 3.8) is 0 Å². The highest BCUT2D eigenvalue weighted by Crippen LogP contribution is 2.31. The molecule has 9 nitrogen and oxygen atoms in total. The summed E-state index contributed by atoms with van der Waals surface area (Å²) in [4.78, 5) is 19.5. The molecule has 1 amide bonds. The van der Waals surface area contributed by atoms with E-state index in [1.807, 2.05) is 36.7 Å². The topological polar surface area (TPSA) is 99.5 Å². The van der Waals surface area contributed by atoms with Gasteiger partial charge in [-0.25, -0.2) is 4.99 Å². The molecular formula is C23H35IN8O. The number of nitrogens with zero attached hydrogens (tertiary/aromatic N) is 5. The van der Waals surface area contributed by atoms with Crippen LogP contribution in [0, 0.1) is 6.92 Å². The van der Waals surface area contributed by atoms with E-state index in [9.17, 15) is 4.79 Å². The largest absolute Gasteiger partial charge is 0.356 e. The van der Waals surface area contributed by atoms with Crippen molar-refractivity contribution in [1.29, 1.82) is 0 Å². The van der Waals surface area contributed by atoms with Crippen molar-refractivity contribution in [2.45, 2.75) is 51.6 Å². The molecule has 2 aliphatic rings. The number of aryl methyl sites for hydroxylation is 1. The van der Waals surface area contributed by atoms with Crippen molar-refractivity contribution < 1.29 is 4.79 Å². The maximum Gasteiger partial charge on any atom is 0.225 e. The Balaban J connectivity index is 0.00000306. The molecule has 4 rings (SSSR count). The Morgan fingerprint density at radius 1 is 1.24 bits per heavy atom. The highest BCUT2D eigenvalue weighted by molar-refractivity contribution is 14.0. The molecular weight excluding hydrogens is 531 g/mol. The predicted molar refractivity (Wildman–Crippen MR) is 141 cm³/mol. The first-order valence-corrected chi connectivity index (χ1v) is 11.5. The van der Waals surface area contributed by atoms with Gasteiger partial charge in [0, 0.05) is 44.2 Å². The lowest BCUT2D eigenvalue weighted by Gasteiger charge is -2.27. The number of likely N-dealkylation sites (N-methyl/N-ethyl adjacent to an activating group) is 1. The second-order valence-electron chi connectivity index (χ2n) is 8.61. The van der Waals surface area contributed by atoms with Gasteiger partial charge in [-0.05, 0) is 44.5 Å². The van der Waals surface area contributed by atoms with Gasteiger partial charge in [-0.1, -0.05) is 25.1 Å². The summed E-state index contributed by atoms with van der Waals surface area (Å²) in [7, 11) is 1.95. The molecule has 0 spiro atoms. The summed E-state index contributed by atoms with van der Waals surface area (Å²) in [6, 6.07) is 8.54. The lowest BCUT2D eigenvalue weighted by atomic mass is 9.90. The smallest absolute Gasteiger partial charge is 0.225 e. The van der Waals surface area contributed by atoms with Gasteiger partial charge in [-0.15, -0.1) is 34.2 Å². The van der Waals surface area contributed by atoms with Crippen LogP contribution in [0.2, 0.25) is 0 Å². The van der Waals surface area contributed by atoms with Gasteiger partial charge in [-0.3, -0.25) is 9.69 Å². The van der Waals surface area contributed by atoms with Gasteiger partial charge in [-0.2, -0.15) is 0 Å². The third kappa shape index (κ3) is 6.23. The third-order valence-corrected chi connectivity index (χ3v) is 6.59. The number of likely N-dealkylation sites (tertiary alicyclic amines) is 1. The van der Waals surface area contributed by atoms with Crippen molar-refractivity contribution in [2.75, 3.05) is 31.5 Å². The standard InChI is InChI=1S/C23H34N8O.HI/c1-4-31-11-7-8-18(31)14-25-23(26-15-21-29-28-16(2)30(21)3)24-13-17-12-22(32)27-20-10-6-5-9-19(17)20;/h5-6,9-10,17-18H,4,7-8,11-15H2,1-3H3,(H,27,32)(H2,24,25,26);1H. The van der Waals surface area contributed by atoms with Crippen LogP contribution in [0.25, 0.3) is 0 Å². The van der Waals surface area contributed by atoms with E-state index in [4.69, 9.17) is 4.99 Å². The number of hydrogen-bond donors (Lipinski definition) is 3. The molecule has 0 saturated carbocycles. The van der Waals surface area contributed by atoms with Crippen LogP contribution in [0.5, 0.6) is 0 Å². The monoisotopic (exact) mass is 566 g/mol. The van der Waals surface area contributed by atoms with E-state index >= 15 is 0 Å². The summed E-state index contributed by atoms with van der Waals surface area (Å²) in [6.07, 6.45) is 2.91. The molecule has 2 atom stereocenters. The number of aliphatic imine (C=N–C) groups is 1. The van der Waals surface area contributed by atoms with Crippen molar-refractivity contribution in [3.05, 3.63) is 41.5 Å². The maximum atomic E-state index is 12.2. The number of amides is 1. The average molecular weight is 566 g/mol. The first kappa shape index (κ1) is 25.4. The average Bonchev–Trinajstić information content (AvgIpc) is 3.39. The van der Waals surface area contributed by atoms with E-state index < -0.39 is 0 Å². The third-order valence-electron chi connectivity index (χ3n) is 6.59. The van der Waals surface area contributed by atoms with Crippen LogP contribution >= 0.6 is 24.0 Å². The highest BCUT2D eigenvalue weighted by atomic mass is 127. The highest BCUT2D eigenvalue weighted by Gasteiger charge is 2.26. The SMILES string of the molecule is CCN1CCCC1CNC(=NCc1nnc(C)n1C)NCC1CC(=O)Nc2ccccc21.I. The molecule has 2 unspecified atom stereocenters. The van der Waals surface area contributed by atoms with Gasteiger partial charge in [0.1, 0.15) is 12.4 Å². The number of guanidine groups is 1. The van der Waals surface area contributed by atoms with Gasteiger partial charge >= 0.3 is 0 Å². The van der Waals surface area contributed by atoms with Gasteiger partial charge in [0.2, 0.25) is 5.91 Å². The van der Waals surface area contributed by atoms with E-state index in [2.05, 4.69) is 44.0 Å². The lowest BCUT2D eigenvalue weighted by Crippen LogP contribution is -2.46. The summed E-state index contributed by atoms with van der Waals surface area (Å²) in [5, 5.41) is 18.4. The molecule has 0 radical (unpaired) electrons. The summed E-state index contributed by atoms with van der Waals surface area (Å²) in [5.41, 5.74) is 2.07. The number of rotatable bonds is 7. The Morgan fingerprint density at radius 2 is 2.03 bits per heavy atom. The minimum atomic E-state index is 0. The molecule has 1 saturated heterocycles. The molecule has 0 bridgehead atoms. The fourth-order valence-electron chi connectivity index (χ4n) is 4.57. The van der Waals surface area contributed by atoms with E-state index in [0.29, 0.717) is 25.6 Å². The van der Waals surface area contributed by atoms with Gasteiger partial charge in [0.05, 0.1) is 0 Å². The zero-order chi connectivity index (χ0) is 22.5. The number of carbonyl (C=O) groups is 1. The summed E-state index contributed by atoms with van der Waals surface area (Å²) >= 11 is 0. The first-order chi connectivity index (χ1) is 15.5. The quantitative estimate of drug-likeness (QED) is 0.271. The van der Waals surface area contributed by atoms with Crippen molar-refractivity contribution >= 4 is 41.5 Å². The van der Waals surface area contributed by atoms with E-state index in [0.717, 1.165) is 48.5 Å². The van der Waals surface area contributed by atoms with E-state index in [-0.39, 0.29) is 35.8 Å². The van der Waals surface area contributed by atoms with Crippen LogP contribution in [0.1, 0.15) is 49.3 Å². The van der Waals surface area contributed by atoms with Crippen LogP contribution in [0.4, 0.5) is 5.69 Å².